The summed E-state index contributed by atoms with van der Waals surface area (Å²) in [6, 6.07) is 14.5. The van der Waals surface area contributed by atoms with Gasteiger partial charge in [-0.1, -0.05) is 29.8 Å². The fourth-order valence-electron chi connectivity index (χ4n) is 2.89. The van der Waals surface area contributed by atoms with Crippen LogP contribution in [-0.2, 0) is 11.3 Å². The molecule has 1 aliphatic heterocycles. The lowest BCUT2D eigenvalue weighted by molar-refractivity contribution is -0.128. The zero-order chi connectivity index (χ0) is 18.4. The van der Waals surface area contributed by atoms with Crippen molar-refractivity contribution < 1.29 is 14.3 Å². The molecule has 1 aliphatic rings. The van der Waals surface area contributed by atoms with Crippen molar-refractivity contribution in [2.24, 2.45) is 0 Å². The molecule has 0 atom stereocenters. The number of carbonyl (C=O) groups excluding carboxylic acids is 2. The number of nitrogens with one attached hydrogen (secondary N) is 1. The number of benzene rings is 2. The predicted octanol–water partition coefficient (Wildman–Crippen LogP) is 3.27. The standard InChI is InChI=1S/C20H21ClN2O3/c21-17-6-2-7-18(13-17)26-11-9-22-20(25)16-5-1-4-15(12-16)14-23-10-3-8-19(23)24/h1-2,4-7,12-13H,3,8-11,14H2,(H,22,25). The summed E-state index contributed by atoms with van der Waals surface area (Å²) < 4.78 is 5.55. The summed E-state index contributed by atoms with van der Waals surface area (Å²) >= 11 is 5.90. The zero-order valence-corrected chi connectivity index (χ0v) is 15.2. The summed E-state index contributed by atoms with van der Waals surface area (Å²) in [6.07, 6.45) is 1.53. The van der Waals surface area contributed by atoms with Crippen LogP contribution < -0.4 is 10.1 Å². The number of nitrogens with zero attached hydrogens (tertiary/aromatic N) is 1. The average Bonchev–Trinajstić information content (AvgIpc) is 3.03. The first-order valence-electron chi connectivity index (χ1n) is 8.65. The Morgan fingerprint density at radius 1 is 1.19 bits per heavy atom. The maximum absolute atomic E-state index is 12.3. The molecule has 0 aliphatic carbocycles. The maximum Gasteiger partial charge on any atom is 0.251 e. The van der Waals surface area contributed by atoms with Gasteiger partial charge in [0.25, 0.3) is 5.91 Å². The lowest BCUT2D eigenvalue weighted by atomic mass is 10.1. The monoisotopic (exact) mass is 372 g/mol. The fourth-order valence-corrected chi connectivity index (χ4v) is 3.08. The fraction of sp³-hybridized carbons (Fsp3) is 0.300. The third-order valence-corrected chi connectivity index (χ3v) is 4.42. The number of hydrogen-bond donors (Lipinski definition) is 1. The van der Waals surface area contributed by atoms with Gasteiger partial charge >= 0.3 is 0 Å². The highest BCUT2D eigenvalue weighted by atomic mass is 35.5. The van der Waals surface area contributed by atoms with Crippen LogP contribution in [0.15, 0.2) is 48.5 Å². The minimum Gasteiger partial charge on any atom is -0.492 e. The second kappa shape index (κ2) is 8.72. The number of likely N-dealkylation sites (tertiary alicyclic amines) is 1. The van der Waals surface area contributed by atoms with Crippen LogP contribution >= 0.6 is 11.6 Å². The van der Waals surface area contributed by atoms with Gasteiger partial charge in [0.1, 0.15) is 12.4 Å². The Morgan fingerprint density at radius 3 is 2.81 bits per heavy atom. The quantitative estimate of drug-likeness (QED) is 0.759. The molecule has 0 unspecified atom stereocenters. The highest BCUT2D eigenvalue weighted by Crippen LogP contribution is 2.17. The first kappa shape index (κ1) is 18.3. The molecule has 2 amide bonds. The topological polar surface area (TPSA) is 58.6 Å². The van der Waals surface area contributed by atoms with Crippen LogP contribution in [0.1, 0.15) is 28.8 Å². The number of ether oxygens (including phenoxy) is 1. The molecule has 3 rings (SSSR count). The van der Waals surface area contributed by atoms with Crippen LogP contribution in [0.2, 0.25) is 5.02 Å². The highest BCUT2D eigenvalue weighted by Gasteiger charge is 2.20. The van der Waals surface area contributed by atoms with Gasteiger partial charge in [0.2, 0.25) is 5.91 Å². The van der Waals surface area contributed by atoms with E-state index in [-0.39, 0.29) is 11.8 Å². The molecule has 0 saturated carbocycles. The average molecular weight is 373 g/mol. The van der Waals surface area contributed by atoms with E-state index in [1.54, 1.807) is 18.2 Å². The van der Waals surface area contributed by atoms with Gasteiger partial charge in [0.05, 0.1) is 6.54 Å². The van der Waals surface area contributed by atoms with Crippen molar-refractivity contribution in [3.8, 4) is 5.75 Å². The number of hydrogen-bond acceptors (Lipinski definition) is 3. The van der Waals surface area contributed by atoms with E-state index in [9.17, 15) is 9.59 Å². The highest BCUT2D eigenvalue weighted by molar-refractivity contribution is 6.30. The van der Waals surface area contributed by atoms with Crippen LogP contribution in [0.3, 0.4) is 0 Å². The van der Waals surface area contributed by atoms with E-state index < -0.39 is 0 Å². The number of amides is 2. The Morgan fingerprint density at radius 2 is 2.04 bits per heavy atom. The van der Waals surface area contributed by atoms with Crippen LogP contribution in [-0.4, -0.2) is 36.4 Å². The van der Waals surface area contributed by atoms with Crippen LogP contribution in [0.5, 0.6) is 5.75 Å². The Labute approximate surface area is 157 Å². The van der Waals surface area contributed by atoms with Crippen LogP contribution in [0, 0.1) is 0 Å². The summed E-state index contributed by atoms with van der Waals surface area (Å²) in [5.41, 5.74) is 1.54. The molecule has 26 heavy (non-hydrogen) atoms. The lowest BCUT2D eigenvalue weighted by Crippen LogP contribution is -2.28. The first-order chi connectivity index (χ1) is 12.6. The summed E-state index contributed by atoms with van der Waals surface area (Å²) in [5, 5.41) is 3.45. The smallest absolute Gasteiger partial charge is 0.251 e. The third-order valence-electron chi connectivity index (χ3n) is 4.19. The van der Waals surface area contributed by atoms with Gasteiger partial charge in [-0.3, -0.25) is 9.59 Å². The molecule has 0 aromatic heterocycles. The van der Waals surface area contributed by atoms with E-state index in [1.165, 1.54) is 0 Å². The SMILES string of the molecule is O=C(NCCOc1cccc(Cl)c1)c1cccc(CN2CCCC2=O)c1. The van der Waals surface area contributed by atoms with Gasteiger partial charge < -0.3 is 15.0 Å². The van der Waals surface area contributed by atoms with Crippen molar-refractivity contribution >= 4 is 23.4 Å². The first-order valence-corrected chi connectivity index (χ1v) is 9.03. The van der Waals surface area contributed by atoms with E-state index in [1.807, 2.05) is 35.2 Å². The molecule has 1 fully saturated rings. The van der Waals surface area contributed by atoms with E-state index >= 15 is 0 Å². The van der Waals surface area contributed by atoms with Gasteiger partial charge in [0.15, 0.2) is 0 Å². The van der Waals surface area contributed by atoms with Gasteiger partial charge in [-0.15, -0.1) is 0 Å². The van der Waals surface area contributed by atoms with Crippen LogP contribution in [0.4, 0.5) is 0 Å². The van der Waals surface area contributed by atoms with Gasteiger partial charge in [-0.25, -0.2) is 0 Å². The molecule has 2 aromatic carbocycles. The van der Waals surface area contributed by atoms with Crippen molar-refractivity contribution in [1.82, 2.24) is 10.2 Å². The minimum atomic E-state index is -0.158. The van der Waals surface area contributed by atoms with Crippen molar-refractivity contribution in [3.63, 3.8) is 0 Å². The number of halogens is 1. The van der Waals surface area contributed by atoms with Gasteiger partial charge in [-0.05, 0) is 42.3 Å². The molecule has 1 heterocycles. The molecule has 6 heteroatoms. The largest absolute Gasteiger partial charge is 0.492 e. The molecular weight excluding hydrogens is 352 g/mol. The van der Waals surface area contributed by atoms with E-state index in [0.29, 0.717) is 42.5 Å². The Bertz CT molecular complexity index is 794. The number of carbonyl (C=O) groups is 2. The molecule has 0 spiro atoms. The zero-order valence-electron chi connectivity index (χ0n) is 14.4. The lowest BCUT2D eigenvalue weighted by Gasteiger charge is -2.16. The van der Waals surface area contributed by atoms with Gasteiger partial charge in [0, 0.05) is 30.1 Å². The van der Waals surface area contributed by atoms with E-state index in [4.69, 9.17) is 16.3 Å². The molecule has 5 nitrogen and oxygen atoms in total. The second-order valence-corrected chi connectivity index (χ2v) is 6.62. The summed E-state index contributed by atoms with van der Waals surface area (Å²) in [4.78, 5) is 25.9. The molecule has 0 radical (unpaired) electrons. The molecule has 0 bridgehead atoms. The maximum atomic E-state index is 12.3. The Balaban J connectivity index is 1.48. The predicted molar refractivity (Wildman–Crippen MR) is 100 cm³/mol. The van der Waals surface area contributed by atoms with Crippen molar-refractivity contribution in [3.05, 3.63) is 64.7 Å². The molecule has 1 N–H and O–H groups in total. The second-order valence-electron chi connectivity index (χ2n) is 6.18. The van der Waals surface area contributed by atoms with Crippen molar-refractivity contribution in [1.29, 1.82) is 0 Å². The van der Waals surface area contributed by atoms with E-state index in [0.717, 1.165) is 18.5 Å². The Hall–Kier alpha value is -2.53. The normalized spacial score (nSPS) is 13.7. The molecule has 2 aromatic rings. The van der Waals surface area contributed by atoms with Crippen molar-refractivity contribution in [2.45, 2.75) is 19.4 Å². The third kappa shape index (κ3) is 4.99. The number of rotatable bonds is 7. The van der Waals surface area contributed by atoms with E-state index in [2.05, 4.69) is 5.32 Å². The summed E-state index contributed by atoms with van der Waals surface area (Å²) in [6.45, 7) is 2.09. The minimum absolute atomic E-state index is 0.158. The van der Waals surface area contributed by atoms with Crippen LogP contribution in [0.25, 0.3) is 0 Å². The molecule has 1 saturated heterocycles. The molecular formula is C20H21ClN2O3. The Kier molecular flexibility index (Phi) is 6.12. The van der Waals surface area contributed by atoms with Gasteiger partial charge in [-0.2, -0.15) is 0 Å². The summed E-state index contributed by atoms with van der Waals surface area (Å²) in [7, 11) is 0. The summed E-state index contributed by atoms with van der Waals surface area (Å²) in [5.74, 6) is 0.691. The molecule has 136 valence electrons. The van der Waals surface area contributed by atoms with Crippen molar-refractivity contribution in [2.75, 3.05) is 19.7 Å².